The lowest BCUT2D eigenvalue weighted by Gasteiger charge is -2.23. The maximum Gasteiger partial charge on any atom is 0.223 e. The predicted molar refractivity (Wildman–Crippen MR) is 96.0 cm³/mol. The first kappa shape index (κ1) is 15.9. The SMILES string of the molecule is Cc1ccc2nc([C@@H]3CCCN3C(=O)CCCc3cn[nH]c3)[nH]c2c1. The van der Waals surface area contributed by atoms with Crippen molar-refractivity contribution in [3.63, 3.8) is 0 Å². The first-order valence-corrected chi connectivity index (χ1v) is 8.94. The molecule has 1 fully saturated rings. The second-order valence-corrected chi connectivity index (χ2v) is 6.85. The second-order valence-electron chi connectivity index (χ2n) is 6.85. The number of amides is 1. The van der Waals surface area contributed by atoms with Crippen molar-refractivity contribution in [3.05, 3.63) is 47.5 Å². The number of aryl methyl sites for hydroxylation is 2. The molecule has 0 radical (unpaired) electrons. The van der Waals surface area contributed by atoms with Crippen LogP contribution in [0.2, 0.25) is 0 Å². The Morgan fingerprint density at radius 1 is 1.40 bits per heavy atom. The van der Waals surface area contributed by atoms with Crippen LogP contribution in [-0.2, 0) is 11.2 Å². The van der Waals surface area contributed by atoms with Gasteiger partial charge in [-0.2, -0.15) is 5.10 Å². The zero-order valence-electron chi connectivity index (χ0n) is 14.5. The Bertz CT molecular complexity index is 867. The third-order valence-electron chi connectivity index (χ3n) is 4.96. The summed E-state index contributed by atoms with van der Waals surface area (Å²) < 4.78 is 0. The van der Waals surface area contributed by atoms with E-state index in [2.05, 4.69) is 34.2 Å². The highest BCUT2D eigenvalue weighted by Crippen LogP contribution is 2.32. The van der Waals surface area contributed by atoms with E-state index in [1.54, 1.807) is 0 Å². The van der Waals surface area contributed by atoms with E-state index in [9.17, 15) is 4.79 Å². The van der Waals surface area contributed by atoms with Crippen LogP contribution in [0.5, 0.6) is 0 Å². The van der Waals surface area contributed by atoms with Gasteiger partial charge in [0.15, 0.2) is 0 Å². The van der Waals surface area contributed by atoms with Crippen LogP contribution in [0.15, 0.2) is 30.6 Å². The van der Waals surface area contributed by atoms with Crippen molar-refractivity contribution in [2.45, 2.75) is 45.1 Å². The fourth-order valence-corrected chi connectivity index (χ4v) is 3.65. The molecule has 1 aliphatic heterocycles. The Balaban J connectivity index is 1.44. The molecule has 1 saturated heterocycles. The van der Waals surface area contributed by atoms with Crippen molar-refractivity contribution in [3.8, 4) is 0 Å². The van der Waals surface area contributed by atoms with Gasteiger partial charge < -0.3 is 9.88 Å². The fourth-order valence-electron chi connectivity index (χ4n) is 3.65. The number of carbonyl (C=O) groups excluding carboxylic acids is 1. The van der Waals surface area contributed by atoms with Gasteiger partial charge in [-0.1, -0.05) is 6.07 Å². The molecular weight excluding hydrogens is 314 g/mol. The quantitative estimate of drug-likeness (QED) is 0.750. The Hall–Kier alpha value is -2.63. The van der Waals surface area contributed by atoms with E-state index in [0.29, 0.717) is 6.42 Å². The molecule has 1 aliphatic rings. The van der Waals surface area contributed by atoms with E-state index in [1.165, 1.54) is 5.56 Å². The number of nitrogens with zero attached hydrogens (tertiary/aromatic N) is 3. The molecule has 0 bridgehead atoms. The molecule has 4 rings (SSSR count). The number of aromatic amines is 2. The Morgan fingerprint density at radius 2 is 2.32 bits per heavy atom. The molecule has 130 valence electrons. The van der Waals surface area contributed by atoms with Crippen LogP contribution in [-0.4, -0.2) is 37.5 Å². The number of aromatic nitrogens is 4. The molecule has 0 unspecified atom stereocenters. The predicted octanol–water partition coefficient (Wildman–Crippen LogP) is 3.28. The van der Waals surface area contributed by atoms with Crippen LogP contribution in [0.3, 0.4) is 0 Å². The average molecular weight is 337 g/mol. The minimum absolute atomic E-state index is 0.0779. The number of H-pyrrole nitrogens is 2. The van der Waals surface area contributed by atoms with E-state index in [1.807, 2.05) is 23.4 Å². The molecule has 1 aromatic carbocycles. The van der Waals surface area contributed by atoms with E-state index in [0.717, 1.165) is 54.6 Å². The summed E-state index contributed by atoms with van der Waals surface area (Å²) in [5.74, 6) is 1.14. The summed E-state index contributed by atoms with van der Waals surface area (Å²) in [6.45, 7) is 2.90. The second kappa shape index (κ2) is 6.70. The number of carbonyl (C=O) groups is 1. The highest BCUT2D eigenvalue weighted by atomic mass is 16.2. The molecule has 2 N–H and O–H groups in total. The first-order valence-electron chi connectivity index (χ1n) is 8.94. The molecule has 6 nitrogen and oxygen atoms in total. The number of rotatable bonds is 5. The summed E-state index contributed by atoms with van der Waals surface area (Å²) in [5, 5.41) is 6.75. The lowest BCUT2D eigenvalue weighted by molar-refractivity contribution is -0.132. The highest BCUT2D eigenvalue weighted by molar-refractivity contribution is 5.78. The van der Waals surface area contributed by atoms with E-state index < -0.39 is 0 Å². The molecule has 6 heteroatoms. The summed E-state index contributed by atoms with van der Waals surface area (Å²) in [6.07, 6.45) is 8.02. The zero-order chi connectivity index (χ0) is 17.2. The third-order valence-corrected chi connectivity index (χ3v) is 4.96. The standard InChI is InChI=1S/C19H23N5O/c1-13-7-8-15-16(10-13)23-19(22-15)17-5-3-9-24(17)18(25)6-2-4-14-11-20-21-12-14/h7-8,10-12,17H,2-6,9H2,1H3,(H,20,21)(H,22,23)/t17-/m0/s1. The number of hydrogen-bond acceptors (Lipinski definition) is 3. The van der Waals surface area contributed by atoms with E-state index >= 15 is 0 Å². The molecule has 3 aromatic rings. The normalized spacial score (nSPS) is 17.5. The maximum absolute atomic E-state index is 12.7. The zero-order valence-corrected chi connectivity index (χ0v) is 14.5. The van der Waals surface area contributed by atoms with Crippen molar-refractivity contribution in [1.29, 1.82) is 0 Å². The first-order chi connectivity index (χ1) is 12.2. The molecule has 3 heterocycles. The molecule has 0 aliphatic carbocycles. The van der Waals surface area contributed by atoms with Crippen LogP contribution in [0.1, 0.15) is 48.7 Å². The minimum atomic E-state index is 0.0779. The number of fused-ring (bicyclic) bond motifs is 1. The van der Waals surface area contributed by atoms with Crippen molar-refractivity contribution in [2.75, 3.05) is 6.54 Å². The largest absolute Gasteiger partial charge is 0.340 e. The van der Waals surface area contributed by atoms with Crippen LogP contribution >= 0.6 is 0 Å². The number of imidazole rings is 1. The van der Waals surface area contributed by atoms with Gasteiger partial charge in [0, 0.05) is 19.2 Å². The van der Waals surface area contributed by atoms with Crippen molar-refractivity contribution >= 4 is 16.9 Å². The average Bonchev–Trinajstić information content (AvgIpc) is 3.33. The molecule has 1 amide bonds. The Labute approximate surface area is 146 Å². The van der Waals surface area contributed by atoms with Crippen molar-refractivity contribution in [2.24, 2.45) is 0 Å². The molecule has 25 heavy (non-hydrogen) atoms. The summed E-state index contributed by atoms with van der Waals surface area (Å²) in [5.41, 5.74) is 4.38. The summed E-state index contributed by atoms with van der Waals surface area (Å²) in [6, 6.07) is 6.30. The molecule has 2 aromatic heterocycles. The van der Waals surface area contributed by atoms with Gasteiger partial charge in [-0.05, 0) is 55.9 Å². The highest BCUT2D eigenvalue weighted by Gasteiger charge is 2.31. The summed E-state index contributed by atoms with van der Waals surface area (Å²) in [4.78, 5) is 22.8. The van der Waals surface area contributed by atoms with Gasteiger partial charge in [0.05, 0.1) is 23.3 Å². The topological polar surface area (TPSA) is 77.7 Å². The van der Waals surface area contributed by atoms with Gasteiger partial charge in [-0.3, -0.25) is 9.89 Å². The number of nitrogens with one attached hydrogen (secondary N) is 2. The van der Waals surface area contributed by atoms with Gasteiger partial charge in [0.25, 0.3) is 0 Å². The van der Waals surface area contributed by atoms with E-state index in [4.69, 9.17) is 4.98 Å². The molecule has 0 saturated carbocycles. The van der Waals surface area contributed by atoms with Crippen LogP contribution in [0.25, 0.3) is 11.0 Å². The third kappa shape index (κ3) is 3.29. The minimum Gasteiger partial charge on any atom is -0.340 e. The lowest BCUT2D eigenvalue weighted by Crippen LogP contribution is -2.30. The fraction of sp³-hybridized carbons (Fsp3) is 0.421. The Kier molecular flexibility index (Phi) is 4.26. The van der Waals surface area contributed by atoms with Gasteiger partial charge in [0.2, 0.25) is 5.91 Å². The van der Waals surface area contributed by atoms with Gasteiger partial charge in [-0.15, -0.1) is 0 Å². The van der Waals surface area contributed by atoms with Crippen LogP contribution < -0.4 is 0 Å². The summed E-state index contributed by atoms with van der Waals surface area (Å²) >= 11 is 0. The van der Waals surface area contributed by atoms with E-state index in [-0.39, 0.29) is 11.9 Å². The van der Waals surface area contributed by atoms with Crippen LogP contribution in [0, 0.1) is 6.92 Å². The Morgan fingerprint density at radius 3 is 3.16 bits per heavy atom. The smallest absolute Gasteiger partial charge is 0.223 e. The number of likely N-dealkylation sites (tertiary alicyclic amines) is 1. The maximum atomic E-state index is 12.7. The van der Waals surface area contributed by atoms with Crippen molar-refractivity contribution in [1.82, 2.24) is 25.1 Å². The molecular formula is C19H23N5O. The number of benzene rings is 1. The van der Waals surface area contributed by atoms with Gasteiger partial charge in [0.1, 0.15) is 5.82 Å². The van der Waals surface area contributed by atoms with Crippen LogP contribution in [0.4, 0.5) is 0 Å². The van der Waals surface area contributed by atoms with Crippen molar-refractivity contribution < 1.29 is 4.79 Å². The molecule has 1 atom stereocenters. The summed E-state index contributed by atoms with van der Waals surface area (Å²) in [7, 11) is 0. The van der Waals surface area contributed by atoms with Gasteiger partial charge >= 0.3 is 0 Å². The number of hydrogen-bond donors (Lipinski definition) is 2. The molecule has 0 spiro atoms. The monoisotopic (exact) mass is 337 g/mol. The van der Waals surface area contributed by atoms with Gasteiger partial charge in [-0.25, -0.2) is 4.98 Å². The lowest BCUT2D eigenvalue weighted by atomic mass is 10.1.